The molecule has 0 aromatic carbocycles. The van der Waals surface area contributed by atoms with Gasteiger partial charge in [-0.3, -0.25) is 0 Å². The largest absolute Gasteiger partial charge is 0.148 e. The molecule has 0 radical (unpaired) electrons. The van der Waals surface area contributed by atoms with Gasteiger partial charge in [0.25, 0.3) is 0 Å². The Bertz CT molecular complexity index is 201. The molecule has 48 valence electrons. The quantitative estimate of drug-likeness (QED) is 0.559. The minimum Gasteiger partial charge on any atom is -0.148 e. The molecule has 0 spiro atoms. The van der Waals surface area contributed by atoms with Crippen molar-refractivity contribution < 1.29 is 0 Å². The van der Waals surface area contributed by atoms with Gasteiger partial charge in [-0.2, -0.15) is 0 Å². The van der Waals surface area contributed by atoms with Crippen LogP contribution in [0.25, 0.3) is 6.08 Å². The van der Waals surface area contributed by atoms with Crippen molar-refractivity contribution in [2.45, 2.75) is 13.8 Å². The maximum Gasteiger partial charge on any atom is 0.00891 e. The van der Waals surface area contributed by atoms with Crippen molar-refractivity contribution in [2.24, 2.45) is 0 Å². The van der Waals surface area contributed by atoms with Gasteiger partial charge in [-0.1, -0.05) is 12.7 Å². The summed E-state index contributed by atoms with van der Waals surface area (Å²) in [5.41, 5.74) is 2.65. The predicted molar refractivity (Wildman–Crippen MR) is 43.9 cm³/mol. The molecule has 0 unspecified atom stereocenters. The van der Waals surface area contributed by atoms with Crippen LogP contribution in [0.5, 0.6) is 0 Å². The SMILES string of the molecule is C=Cc1c(C)csc1C. The standard InChI is InChI=1S/C8H10S/c1-4-8-6(2)5-9-7(8)3/h4-5H,1H2,2-3H3. The summed E-state index contributed by atoms with van der Waals surface area (Å²) < 4.78 is 0. The third kappa shape index (κ3) is 1.06. The molecule has 0 nitrogen and oxygen atoms in total. The van der Waals surface area contributed by atoms with Gasteiger partial charge in [-0.25, -0.2) is 0 Å². The Morgan fingerprint density at radius 1 is 1.56 bits per heavy atom. The van der Waals surface area contributed by atoms with Crippen LogP contribution in [-0.2, 0) is 0 Å². The van der Waals surface area contributed by atoms with Crippen LogP contribution in [0.4, 0.5) is 0 Å². The predicted octanol–water partition coefficient (Wildman–Crippen LogP) is 3.01. The van der Waals surface area contributed by atoms with E-state index in [9.17, 15) is 0 Å². The van der Waals surface area contributed by atoms with Gasteiger partial charge < -0.3 is 0 Å². The zero-order chi connectivity index (χ0) is 6.85. The molecule has 0 saturated carbocycles. The minimum absolute atomic E-state index is 1.31. The molecule has 0 bridgehead atoms. The summed E-state index contributed by atoms with van der Waals surface area (Å²) in [6, 6.07) is 0. The number of aryl methyl sites for hydroxylation is 2. The summed E-state index contributed by atoms with van der Waals surface area (Å²) in [6.45, 7) is 7.96. The number of rotatable bonds is 1. The first-order chi connectivity index (χ1) is 4.25. The van der Waals surface area contributed by atoms with Gasteiger partial charge in [0.05, 0.1) is 0 Å². The Hall–Kier alpha value is -0.560. The van der Waals surface area contributed by atoms with Crippen molar-refractivity contribution in [1.29, 1.82) is 0 Å². The highest BCUT2D eigenvalue weighted by molar-refractivity contribution is 7.10. The molecule has 1 aromatic rings. The van der Waals surface area contributed by atoms with E-state index in [1.807, 2.05) is 6.08 Å². The second-order valence-electron chi connectivity index (χ2n) is 2.09. The molecular weight excluding hydrogens is 128 g/mol. The summed E-state index contributed by atoms with van der Waals surface area (Å²) in [5, 5.41) is 2.16. The summed E-state index contributed by atoms with van der Waals surface area (Å²) in [6.07, 6.45) is 1.92. The molecule has 0 aliphatic carbocycles. The molecule has 1 heteroatoms. The lowest BCUT2D eigenvalue weighted by Crippen LogP contribution is -1.71. The van der Waals surface area contributed by atoms with Crippen LogP contribution in [0.15, 0.2) is 12.0 Å². The number of hydrogen-bond donors (Lipinski definition) is 0. The molecule has 0 N–H and O–H groups in total. The molecule has 9 heavy (non-hydrogen) atoms. The molecule has 0 saturated heterocycles. The Labute approximate surface area is 59.8 Å². The van der Waals surface area contributed by atoms with Gasteiger partial charge in [0.2, 0.25) is 0 Å². The van der Waals surface area contributed by atoms with Gasteiger partial charge in [0, 0.05) is 4.88 Å². The van der Waals surface area contributed by atoms with Gasteiger partial charge in [0.15, 0.2) is 0 Å². The zero-order valence-corrected chi connectivity index (χ0v) is 6.59. The monoisotopic (exact) mass is 138 g/mol. The molecular formula is C8H10S. The number of hydrogen-bond acceptors (Lipinski definition) is 1. The molecule has 0 fully saturated rings. The lowest BCUT2D eigenvalue weighted by atomic mass is 10.2. The van der Waals surface area contributed by atoms with Crippen LogP contribution in [0.1, 0.15) is 16.0 Å². The van der Waals surface area contributed by atoms with Crippen LogP contribution in [0, 0.1) is 13.8 Å². The van der Waals surface area contributed by atoms with Crippen molar-refractivity contribution in [2.75, 3.05) is 0 Å². The maximum absolute atomic E-state index is 3.73. The average Bonchev–Trinajstić information content (AvgIpc) is 2.12. The van der Waals surface area contributed by atoms with Crippen LogP contribution in [-0.4, -0.2) is 0 Å². The Balaban J connectivity index is 3.22. The van der Waals surface area contributed by atoms with E-state index in [0.717, 1.165) is 0 Å². The normalized spacial score (nSPS) is 9.56. The van der Waals surface area contributed by atoms with Crippen LogP contribution in [0.2, 0.25) is 0 Å². The Kier molecular flexibility index (Phi) is 1.72. The fourth-order valence-electron chi connectivity index (χ4n) is 0.886. The van der Waals surface area contributed by atoms with Crippen molar-refractivity contribution in [3.63, 3.8) is 0 Å². The molecule has 1 aromatic heterocycles. The van der Waals surface area contributed by atoms with Gasteiger partial charge in [-0.15, -0.1) is 11.3 Å². The topological polar surface area (TPSA) is 0 Å². The number of thiophene rings is 1. The van der Waals surface area contributed by atoms with E-state index in [2.05, 4.69) is 25.8 Å². The minimum atomic E-state index is 1.31. The third-order valence-corrected chi connectivity index (χ3v) is 2.47. The Morgan fingerprint density at radius 2 is 2.22 bits per heavy atom. The first kappa shape index (κ1) is 6.56. The molecule has 0 aliphatic rings. The van der Waals surface area contributed by atoms with Crippen molar-refractivity contribution in [3.8, 4) is 0 Å². The van der Waals surface area contributed by atoms with E-state index >= 15 is 0 Å². The maximum atomic E-state index is 3.73. The van der Waals surface area contributed by atoms with Crippen molar-refractivity contribution in [1.82, 2.24) is 0 Å². The smallest absolute Gasteiger partial charge is 0.00891 e. The van der Waals surface area contributed by atoms with E-state index in [1.54, 1.807) is 11.3 Å². The summed E-state index contributed by atoms with van der Waals surface area (Å²) in [5.74, 6) is 0. The van der Waals surface area contributed by atoms with Crippen LogP contribution < -0.4 is 0 Å². The first-order valence-electron chi connectivity index (χ1n) is 2.93. The van der Waals surface area contributed by atoms with Crippen molar-refractivity contribution in [3.05, 3.63) is 28.0 Å². The van der Waals surface area contributed by atoms with Gasteiger partial charge in [-0.05, 0) is 30.4 Å². The second-order valence-corrected chi connectivity index (χ2v) is 3.18. The van der Waals surface area contributed by atoms with Crippen molar-refractivity contribution >= 4 is 17.4 Å². The molecule has 0 atom stereocenters. The third-order valence-electron chi connectivity index (χ3n) is 1.42. The lowest BCUT2D eigenvalue weighted by Gasteiger charge is -1.89. The summed E-state index contributed by atoms with van der Waals surface area (Å²) in [7, 11) is 0. The van der Waals surface area contributed by atoms with E-state index in [4.69, 9.17) is 0 Å². The average molecular weight is 138 g/mol. The zero-order valence-electron chi connectivity index (χ0n) is 5.77. The Morgan fingerprint density at radius 3 is 2.44 bits per heavy atom. The molecule has 1 heterocycles. The van der Waals surface area contributed by atoms with E-state index in [0.29, 0.717) is 0 Å². The molecule has 1 rings (SSSR count). The van der Waals surface area contributed by atoms with E-state index < -0.39 is 0 Å². The second kappa shape index (κ2) is 2.36. The highest BCUT2D eigenvalue weighted by atomic mass is 32.1. The van der Waals surface area contributed by atoms with E-state index in [-0.39, 0.29) is 0 Å². The lowest BCUT2D eigenvalue weighted by molar-refractivity contribution is 1.47. The fourth-order valence-corrected chi connectivity index (χ4v) is 1.74. The molecule has 0 aliphatic heterocycles. The van der Waals surface area contributed by atoms with Gasteiger partial charge in [0.1, 0.15) is 0 Å². The van der Waals surface area contributed by atoms with Crippen LogP contribution >= 0.6 is 11.3 Å². The fraction of sp³-hybridized carbons (Fsp3) is 0.250. The summed E-state index contributed by atoms with van der Waals surface area (Å²) in [4.78, 5) is 1.36. The first-order valence-corrected chi connectivity index (χ1v) is 3.81. The highest BCUT2D eigenvalue weighted by Crippen LogP contribution is 2.21. The van der Waals surface area contributed by atoms with Gasteiger partial charge >= 0.3 is 0 Å². The highest BCUT2D eigenvalue weighted by Gasteiger charge is 1.97. The molecule has 0 amide bonds. The van der Waals surface area contributed by atoms with Crippen LogP contribution in [0.3, 0.4) is 0 Å². The summed E-state index contributed by atoms with van der Waals surface area (Å²) >= 11 is 1.78. The van der Waals surface area contributed by atoms with E-state index in [1.165, 1.54) is 16.0 Å².